The van der Waals surface area contributed by atoms with Crippen LogP contribution >= 0.6 is 11.3 Å². The molecule has 0 bridgehead atoms. The Hall–Kier alpha value is -0.910. The van der Waals surface area contributed by atoms with E-state index in [1.807, 2.05) is 22.4 Å². The molecule has 0 saturated carbocycles. The molecule has 0 radical (unpaired) electrons. The maximum Gasteiger partial charge on any atom is 0.226 e. The van der Waals surface area contributed by atoms with Crippen molar-refractivity contribution in [3.8, 4) is 0 Å². The average Bonchev–Trinajstić information content (AvgIpc) is 3.26. The van der Waals surface area contributed by atoms with Crippen molar-refractivity contribution in [2.24, 2.45) is 5.92 Å². The molecule has 1 N–H and O–H groups in total. The minimum absolute atomic E-state index is 0.105. The highest BCUT2D eigenvalue weighted by atomic mass is 32.1. The van der Waals surface area contributed by atoms with E-state index in [9.17, 15) is 9.90 Å². The molecule has 2 aliphatic rings. The molecule has 2 saturated heterocycles. The number of carbonyl (C=O) groups excluding carboxylic acids is 1. The van der Waals surface area contributed by atoms with Gasteiger partial charge in [0.25, 0.3) is 0 Å². The van der Waals surface area contributed by atoms with Crippen molar-refractivity contribution >= 4 is 17.2 Å². The van der Waals surface area contributed by atoms with E-state index < -0.39 is 6.10 Å². The number of amides is 1. The molecule has 0 aliphatic carbocycles. The Balaban J connectivity index is 1.60. The van der Waals surface area contributed by atoms with Crippen LogP contribution in [-0.4, -0.2) is 41.2 Å². The molecular weight excluding hydrogens is 310 g/mol. The number of hydrogen-bond donors (Lipinski definition) is 1. The van der Waals surface area contributed by atoms with E-state index in [1.54, 1.807) is 11.3 Å². The van der Waals surface area contributed by atoms with E-state index in [0.717, 1.165) is 43.5 Å². The third-order valence-electron chi connectivity index (χ3n) is 5.20. The van der Waals surface area contributed by atoms with Gasteiger partial charge in [-0.25, -0.2) is 0 Å². The molecule has 0 spiro atoms. The summed E-state index contributed by atoms with van der Waals surface area (Å²) in [5, 5.41) is 12.4. The predicted molar refractivity (Wildman–Crippen MR) is 91.4 cm³/mol. The molecule has 3 rings (SSSR count). The Morgan fingerprint density at radius 1 is 1.52 bits per heavy atom. The summed E-state index contributed by atoms with van der Waals surface area (Å²) in [6.45, 7) is 3.66. The zero-order valence-corrected chi connectivity index (χ0v) is 14.6. The molecule has 128 valence electrons. The molecule has 2 aliphatic heterocycles. The predicted octanol–water partition coefficient (Wildman–Crippen LogP) is 3.37. The smallest absolute Gasteiger partial charge is 0.226 e. The van der Waals surface area contributed by atoms with Crippen molar-refractivity contribution in [1.29, 1.82) is 0 Å². The minimum Gasteiger partial charge on any atom is -0.387 e. The van der Waals surface area contributed by atoms with Crippen LogP contribution in [0.2, 0.25) is 0 Å². The van der Waals surface area contributed by atoms with Crippen molar-refractivity contribution in [1.82, 2.24) is 4.90 Å². The van der Waals surface area contributed by atoms with Gasteiger partial charge in [0.2, 0.25) is 5.91 Å². The second-order valence-electron chi connectivity index (χ2n) is 6.72. The van der Waals surface area contributed by atoms with E-state index in [1.165, 1.54) is 0 Å². The van der Waals surface area contributed by atoms with Gasteiger partial charge in [-0.05, 0) is 50.0 Å². The summed E-state index contributed by atoms with van der Waals surface area (Å²) in [6, 6.07) is 4.12. The van der Waals surface area contributed by atoms with Gasteiger partial charge in [-0.3, -0.25) is 4.79 Å². The lowest BCUT2D eigenvalue weighted by molar-refractivity contribution is -0.142. The second-order valence-corrected chi connectivity index (χ2v) is 7.70. The van der Waals surface area contributed by atoms with Crippen molar-refractivity contribution in [2.75, 3.05) is 13.2 Å². The molecule has 4 atom stereocenters. The number of aliphatic hydroxyl groups is 1. The van der Waals surface area contributed by atoms with Gasteiger partial charge in [-0.1, -0.05) is 13.0 Å². The molecular formula is C18H27NO3S. The van der Waals surface area contributed by atoms with Crippen LogP contribution in [0.3, 0.4) is 0 Å². The first-order valence-corrected chi connectivity index (χ1v) is 9.70. The lowest BCUT2D eigenvalue weighted by atomic mass is 9.92. The Labute approximate surface area is 142 Å². The second kappa shape index (κ2) is 7.77. The van der Waals surface area contributed by atoms with Crippen LogP contribution in [0.25, 0.3) is 0 Å². The highest BCUT2D eigenvalue weighted by molar-refractivity contribution is 7.10. The summed E-state index contributed by atoms with van der Waals surface area (Å²) < 4.78 is 5.70. The van der Waals surface area contributed by atoms with Crippen LogP contribution in [0, 0.1) is 5.92 Å². The average molecular weight is 337 g/mol. The molecule has 1 amide bonds. The highest BCUT2D eigenvalue weighted by Crippen LogP contribution is 2.32. The van der Waals surface area contributed by atoms with E-state index in [0.29, 0.717) is 13.0 Å². The zero-order valence-electron chi connectivity index (χ0n) is 13.8. The first kappa shape index (κ1) is 16.9. The van der Waals surface area contributed by atoms with Crippen molar-refractivity contribution in [2.45, 2.75) is 63.7 Å². The van der Waals surface area contributed by atoms with Crippen LogP contribution in [0.1, 0.15) is 56.4 Å². The Morgan fingerprint density at radius 2 is 2.39 bits per heavy atom. The topological polar surface area (TPSA) is 49.8 Å². The van der Waals surface area contributed by atoms with Gasteiger partial charge >= 0.3 is 0 Å². The quantitative estimate of drug-likeness (QED) is 0.896. The maximum absolute atomic E-state index is 12.9. The number of ether oxygens (including phenoxy) is 1. The normalized spacial score (nSPS) is 29.7. The van der Waals surface area contributed by atoms with Gasteiger partial charge in [-0.15, -0.1) is 11.3 Å². The SMILES string of the molecule is CC[C@@H]1C[C@H](C(=O)N2CCC[C@@H]2C[C@@H](O)c2cccs2)CCO1. The van der Waals surface area contributed by atoms with E-state index in [4.69, 9.17) is 4.74 Å². The molecule has 4 nitrogen and oxygen atoms in total. The van der Waals surface area contributed by atoms with Gasteiger partial charge in [-0.2, -0.15) is 0 Å². The lowest BCUT2D eigenvalue weighted by Crippen LogP contribution is -2.43. The fraction of sp³-hybridized carbons (Fsp3) is 0.722. The summed E-state index contributed by atoms with van der Waals surface area (Å²) in [7, 11) is 0. The molecule has 5 heteroatoms. The van der Waals surface area contributed by atoms with E-state index in [-0.39, 0.29) is 24.0 Å². The van der Waals surface area contributed by atoms with Gasteiger partial charge in [0, 0.05) is 30.0 Å². The standard InChI is InChI=1S/C18H27NO3S/c1-2-15-11-13(7-9-22-15)18(21)19-8-3-5-14(19)12-16(20)17-6-4-10-23-17/h4,6,10,13-16,20H,2-3,5,7-9,11-12H2,1H3/t13-,14-,15-,16-/m1/s1. The summed E-state index contributed by atoms with van der Waals surface area (Å²) in [5.41, 5.74) is 0. The number of likely N-dealkylation sites (tertiary alicyclic amines) is 1. The van der Waals surface area contributed by atoms with E-state index >= 15 is 0 Å². The number of thiophene rings is 1. The van der Waals surface area contributed by atoms with Crippen molar-refractivity contribution < 1.29 is 14.6 Å². The molecule has 23 heavy (non-hydrogen) atoms. The Morgan fingerprint density at radius 3 is 3.13 bits per heavy atom. The van der Waals surface area contributed by atoms with Crippen LogP contribution in [0.15, 0.2) is 17.5 Å². The Kier molecular flexibility index (Phi) is 5.72. The number of hydrogen-bond acceptors (Lipinski definition) is 4. The number of nitrogens with zero attached hydrogens (tertiary/aromatic N) is 1. The lowest BCUT2D eigenvalue weighted by Gasteiger charge is -2.34. The number of carbonyl (C=O) groups is 1. The van der Waals surface area contributed by atoms with Gasteiger partial charge < -0.3 is 14.7 Å². The molecule has 2 fully saturated rings. The molecule has 0 unspecified atom stereocenters. The largest absolute Gasteiger partial charge is 0.387 e. The summed E-state index contributed by atoms with van der Waals surface area (Å²) in [4.78, 5) is 16.0. The van der Waals surface area contributed by atoms with Crippen LogP contribution < -0.4 is 0 Å². The van der Waals surface area contributed by atoms with Crippen LogP contribution in [0.5, 0.6) is 0 Å². The fourth-order valence-electron chi connectivity index (χ4n) is 3.85. The third-order valence-corrected chi connectivity index (χ3v) is 6.17. The molecule has 1 aromatic heterocycles. The first-order chi connectivity index (χ1) is 11.2. The van der Waals surface area contributed by atoms with Crippen LogP contribution in [0.4, 0.5) is 0 Å². The van der Waals surface area contributed by atoms with Gasteiger partial charge in [0.15, 0.2) is 0 Å². The van der Waals surface area contributed by atoms with Gasteiger partial charge in [0.1, 0.15) is 0 Å². The Bertz CT molecular complexity index is 504. The van der Waals surface area contributed by atoms with E-state index in [2.05, 4.69) is 6.92 Å². The summed E-state index contributed by atoms with van der Waals surface area (Å²) >= 11 is 1.59. The number of rotatable bonds is 5. The fourth-order valence-corrected chi connectivity index (χ4v) is 4.57. The zero-order chi connectivity index (χ0) is 16.2. The first-order valence-electron chi connectivity index (χ1n) is 8.82. The molecule has 1 aromatic rings. The molecule has 0 aromatic carbocycles. The van der Waals surface area contributed by atoms with Crippen LogP contribution in [-0.2, 0) is 9.53 Å². The monoisotopic (exact) mass is 337 g/mol. The summed E-state index contributed by atoms with van der Waals surface area (Å²) in [5.74, 6) is 0.390. The van der Waals surface area contributed by atoms with Gasteiger partial charge in [0.05, 0.1) is 12.2 Å². The maximum atomic E-state index is 12.9. The third kappa shape index (κ3) is 3.95. The van der Waals surface area contributed by atoms with Crippen molar-refractivity contribution in [3.63, 3.8) is 0 Å². The number of aliphatic hydroxyl groups excluding tert-OH is 1. The van der Waals surface area contributed by atoms with Crippen molar-refractivity contribution in [3.05, 3.63) is 22.4 Å². The summed E-state index contributed by atoms with van der Waals surface area (Å²) in [6.07, 6.45) is 5.17. The highest BCUT2D eigenvalue weighted by Gasteiger charge is 2.36. The minimum atomic E-state index is -0.452. The molecule has 3 heterocycles.